The van der Waals surface area contributed by atoms with Gasteiger partial charge in [-0.25, -0.2) is 4.68 Å². The van der Waals surface area contributed by atoms with Crippen LogP contribution in [0.5, 0.6) is 0 Å². The lowest BCUT2D eigenvalue weighted by Crippen LogP contribution is -2.39. The number of fused-ring (bicyclic) bond motifs is 3. The molecule has 92 valence electrons. The van der Waals surface area contributed by atoms with Gasteiger partial charge in [0.25, 0.3) is 5.91 Å². The summed E-state index contributed by atoms with van der Waals surface area (Å²) in [7, 11) is 0. The fraction of sp³-hybridized carbons (Fsp3) is 0.625. The molecule has 2 bridgehead atoms. The number of carbonyl (C=O) groups is 1. The van der Waals surface area contributed by atoms with Gasteiger partial charge in [-0.2, -0.15) is 0 Å². The zero-order chi connectivity index (χ0) is 12.2. The Balaban J connectivity index is 2.01. The van der Waals surface area contributed by atoms with E-state index in [0.29, 0.717) is 5.82 Å². The molecule has 1 saturated heterocycles. The molecule has 3 rings (SSSR count). The summed E-state index contributed by atoms with van der Waals surface area (Å²) in [5.74, 6) is -0.414. The molecule has 2 aliphatic heterocycles. The molecule has 17 heavy (non-hydrogen) atoms. The van der Waals surface area contributed by atoms with Crippen molar-refractivity contribution in [1.29, 1.82) is 0 Å². The van der Waals surface area contributed by atoms with Crippen LogP contribution in [0.4, 0.5) is 5.82 Å². The number of aliphatic hydroxyl groups is 2. The predicted molar refractivity (Wildman–Crippen MR) is 52.8 cm³/mol. The summed E-state index contributed by atoms with van der Waals surface area (Å²) >= 11 is 0. The van der Waals surface area contributed by atoms with Crippen molar-refractivity contribution < 1.29 is 19.7 Å². The third-order valence-corrected chi connectivity index (χ3v) is 2.96. The third-order valence-electron chi connectivity index (χ3n) is 2.96. The van der Waals surface area contributed by atoms with E-state index in [4.69, 9.17) is 10.5 Å². The molecule has 1 amide bonds. The molecular formula is C8H11N5O4. The number of hydrogen-bond donors (Lipinski definition) is 4. The van der Waals surface area contributed by atoms with Gasteiger partial charge >= 0.3 is 0 Å². The van der Waals surface area contributed by atoms with Gasteiger partial charge < -0.3 is 26.0 Å². The van der Waals surface area contributed by atoms with Crippen LogP contribution in [0.15, 0.2) is 0 Å². The molecule has 0 spiro atoms. The zero-order valence-corrected chi connectivity index (χ0v) is 8.65. The van der Waals surface area contributed by atoms with Crippen molar-refractivity contribution in [2.24, 2.45) is 5.73 Å². The van der Waals surface area contributed by atoms with Gasteiger partial charge in [0.1, 0.15) is 18.3 Å². The second kappa shape index (κ2) is 3.39. The summed E-state index contributed by atoms with van der Waals surface area (Å²) in [4.78, 5) is 11.1. The zero-order valence-electron chi connectivity index (χ0n) is 8.65. The molecule has 0 radical (unpaired) electrons. The molecule has 0 aliphatic carbocycles. The first-order valence-corrected chi connectivity index (χ1v) is 5.09. The first-order chi connectivity index (χ1) is 8.08. The molecule has 2 aliphatic rings. The highest BCUT2D eigenvalue weighted by molar-refractivity contribution is 5.95. The van der Waals surface area contributed by atoms with E-state index < -0.39 is 30.4 Å². The van der Waals surface area contributed by atoms with Gasteiger partial charge in [-0.05, 0) is 0 Å². The van der Waals surface area contributed by atoms with Crippen molar-refractivity contribution in [1.82, 2.24) is 15.0 Å². The molecule has 4 atom stereocenters. The maximum Gasteiger partial charge on any atom is 0.273 e. The van der Waals surface area contributed by atoms with Crippen LogP contribution >= 0.6 is 0 Å². The van der Waals surface area contributed by atoms with E-state index in [9.17, 15) is 15.0 Å². The van der Waals surface area contributed by atoms with Crippen molar-refractivity contribution in [3.8, 4) is 0 Å². The molecule has 5 N–H and O–H groups in total. The minimum absolute atomic E-state index is 0.0113. The lowest BCUT2D eigenvalue weighted by molar-refractivity contribution is 0.0108. The fourth-order valence-corrected chi connectivity index (χ4v) is 2.07. The Labute approximate surface area is 95.2 Å². The number of rotatable bonds is 1. The predicted octanol–water partition coefficient (Wildman–Crippen LogP) is -2.75. The van der Waals surface area contributed by atoms with E-state index in [1.807, 2.05) is 0 Å². The van der Waals surface area contributed by atoms with E-state index in [1.54, 1.807) is 0 Å². The van der Waals surface area contributed by atoms with Crippen LogP contribution in [-0.2, 0) is 11.3 Å². The average molecular weight is 241 g/mol. The van der Waals surface area contributed by atoms with Crippen LogP contribution in [0.2, 0.25) is 0 Å². The fourth-order valence-electron chi connectivity index (χ4n) is 2.07. The Bertz CT molecular complexity index is 474. The van der Waals surface area contributed by atoms with Gasteiger partial charge in [0.05, 0.1) is 6.54 Å². The number of nitrogens with one attached hydrogen (secondary N) is 1. The summed E-state index contributed by atoms with van der Waals surface area (Å²) < 4.78 is 6.76. The molecule has 1 aromatic rings. The lowest BCUT2D eigenvalue weighted by Gasteiger charge is -2.19. The number of aromatic nitrogens is 3. The highest BCUT2D eigenvalue weighted by Gasteiger charge is 2.46. The van der Waals surface area contributed by atoms with E-state index >= 15 is 0 Å². The topological polar surface area (TPSA) is 136 Å². The molecule has 1 aromatic heterocycles. The highest BCUT2D eigenvalue weighted by atomic mass is 16.6. The first-order valence-electron chi connectivity index (χ1n) is 5.09. The molecule has 9 nitrogen and oxygen atoms in total. The van der Waals surface area contributed by atoms with Crippen LogP contribution in [0.25, 0.3) is 0 Å². The second-order valence-corrected chi connectivity index (χ2v) is 4.05. The van der Waals surface area contributed by atoms with Gasteiger partial charge in [-0.15, -0.1) is 5.10 Å². The highest BCUT2D eigenvalue weighted by Crippen LogP contribution is 2.29. The Morgan fingerprint density at radius 3 is 3.00 bits per heavy atom. The van der Waals surface area contributed by atoms with Gasteiger partial charge in [0.15, 0.2) is 17.7 Å². The molecular weight excluding hydrogens is 230 g/mol. The smallest absolute Gasteiger partial charge is 0.273 e. The van der Waals surface area contributed by atoms with Crippen LogP contribution in [0.3, 0.4) is 0 Å². The monoisotopic (exact) mass is 241 g/mol. The Hall–Kier alpha value is -1.71. The number of hydrogen-bond acceptors (Lipinski definition) is 7. The number of aliphatic hydroxyl groups excluding tert-OH is 2. The average Bonchev–Trinajstić information content (AvgIpc) is 2.70. The Morgan fingerprint density at radius 1 is 1.53 bits per heavy atom. The number of nitrogens with zero attached hydrogens (tertiary/aromatic N) is 3. The largest absolute Gasteiger partial charge is 0.387 e. The number of primary amides is 1. The maximum absolute atomic E-state index is 11.1. The standard InChI is InChI=1S/C8H11N5O4/c9-6(16)3-7-10-8-5(15)4(14)2(17-8)1-13(7)12-11-3/h2,4-5,8,10,14-15H,1H2,(H2,9,16)/t2-,4-,5-,8-/m1/s1. The van der Waals surface area contributed by atoms with Crippen molar-refractivity contribution in [3.63, 3.8) is 0 Å². The van der Waals surface area contributed by atoms with Crippen molar-refractivity contribution in [3.05, 3.63) is 5.69 Å². The van der Waals surface area contributed by atoms with Gasteiger partial charge in [-0.1, -0.05) is 5.21 Å². The van der Waals surface area contributed by atoms with Gasteiger partial charge in [-0.3, -0.25) is 4.79 Å². The second-order valence-electron chi connectivity index (χ2n) is 4.05. The third kappa shape index (κ3) is 1.40. The van der Waals surface area contributed by atoms with Crippen LogP contribution in [-0.4, -0.2) is 55.7 Å². The first kappa shape index (κ1) is 10.4. The van der Waals surface area contributed by atoms with E-state index in [-0.39, 0.29) is 12.2 Å². The van der Waals surface area contributed by atoms with Gasteiger partial charge in [0, 0.05) is 0 Å². The van der Waals surface area contributed by atoms with Crippen LogP contribution < -0.4 is 11.1 Å². The van der Waals surface area contributed by atoms with Crippen molar-refractivity contribution >= 4 is 11.7 Å². The quantitative estimate of drug-likeness (QED) is 0.418. The Morgan fingerprint density at radius 2 is 2.29 bits per heavy atom. The summed E-state index contributed by atoms with van der Waals surface area (Å²) in [6.07, 6.45) is -3.45. The molecule has 9 heteroatoms. The summed E-state index contributed by atoms with van der Waals surface area (Å²) in [6, 6.07) is 0. The van der Waals surface area contributed by atoms with E-state index in [1.165, 1.54) is 4.68 Å². The summed E-state index contributed by atoms with van der Waals surface area (Å²) in [6.45, 7) is 0.192. The van der Waals surface area contributed by atoms with Gasteiger partial charge in [0.2, 0.25) is 0 Å². The number of ether oxygens (including phenoxy) is 1. The number of anilines is 1. The normalized spacial score (nSPS) is 34.9. The maximum atomic E-state index is 11.1. The van der Waals surface area contributed by atoms with Crippen molar-refractivity contribution in [2.75, 3.05) is 5.32 Å². The minimum Gasteiger partial charge on any atom is -0.387 e. The van der Waals surface area contributed by atoms with E-state index in [0.717, 1.165) is 0 Å². The molecule has 0 unspecified atom stereocenters. The summed E-state index contributed by atoms with van der Waals surface area (Å²) in [5, 5.41) is 29.5. The summed E-state index contributed by atoms with van der Waals surface area (Å²) in [5.41, 5.74) is 5.13. The van der Waals surface area contributed by atoms with Crippen molar-refractivity contribution in [2.45, 2.75) is 31.1 Å². The number of amides is 1. The minimum atomic E-state index is -1.07. The number of nitrogens with two attached hydrogens (primary N) is 1. The van der Waals surface area contributed by atoms with Crippen LogP contribution in [0, 0.1) is 0 Å². The molecule has 1 fully saturated rings. The van der Waals surface area contributed by atoms with E-state index in [2.05, 4.69) is 15.6 Å². The molecule has 0 saturated carbocycles. The SMILES string of the molecule is NC(=O)c1nnn2c1N[C@@H]1O[C@H](C2)[C@@H](O)[C@H]1O. The Kier molecular flexibility index (Phi) is 2.08. The molecule has 0 aromatic carbocycles. The lowest BCUT2D eigenvalue weighted by atomic mass is 10.1. The number of carbonyl (C=O) groups excluding carboxylic acids is 1. The molecule has 3 heterocycles. The van der Waals surface area contributed by atoms with Crippen LogP contribution in [0.1, 0.15) is 10.5 Å².